The zero-order chi connectivity index (χ0) is 15.7. The molecule has 22 heavy (non-hydrogen) atoms. The van der Waals surface area contributed by atoms with Gasteiger partial charge in [0.2, 0.25) is 0 Å². The second-order valence-corrected chi connectivity index (χ2v) is 6.92. The number of guanidine groups is 1. The second-order valence-electron chi connectivity index (χ2n) is 4.45. The first-order chi connectivity index (χ1) is 9.98. The molecular weight excluding hydrogens is 420 g/mol. The summed E-state index contributed by atoms with van der Waals surface area (Å²) in [4.78, 5) is 4.25. The highest BCUT2D eigenvalue weighted by Gasteiger charge is 2.07. The fourth-order valence-corrected chi connectivity index (χ4v) is 2.30. The third-order valence-electron chi connectivity index (χ3n) is 2.85. The van der Waals surface area contributed by atoms with E-state index >= 15 is 0 Å². The number of hydrogen-bond acceptors (Lipinski definition) is 3. The van der Waals surface area contributed by atoms with Gasteiger partial charge in [-0.05, 0) is 13.0 Å². The van der Waals surface area contributed by atoms with Crippen LogP contribution in [0.4, 0.5) is 4.39 Å². The standard InChI is InChI=1S/C14H22FN3O2S.HI/c1-3-16-14(17-9-10-21(19,20)4-2)18-11-12-7-5-6-8-13(12)15;/h5-8H,3-4,9-11H2,1-2H3,(H2,16,17,18);1H. The molecule has 8 heteroatoms. The van der Waals surface area contributed by atoms with Gasteiger partial charge in [0.25, 0.3) is 0 Å². The molecule has 0 saturated carbocycles. The predicted octanol–water partition coefficient (Wildman–Crippen LogP) is 1.93. The van der Waals surface area contributed by atoms with Crippen molar-refractivity contribution in [1.29, 1.82) is 0 Å². The van der Waals surface area contributed by atoms with Crippen molar-refractivity contribution in [2.45, 2.75) is 20.4 Å². The molecular formula is C14H23FIN3O2S. The Hall–Kier alpha value is -0.900. The van der Waals surface area contributed by atoms with E-state index in [0.717, 1.165) is 0 Å². The fourth-order valence-electron chi connectivity index (χ4n) is 1.60. The predicted molar refractivity (Wildman–Crippen MR) is 99.0 cm³/mol. The minimum absolute atomic E-state index is 0. The number of hydrogen-bond donors (Lipinski definition) is 2. The molecule has 2 N–H and O–H groups in total. The van der Waals surface area contributed by atoms with Crippen LogP contribution in [0.1, 0.15) is 19.4 Å². The molecule has 0 bridgehead atoms. The number of aliphatic imine (C=N–C) groups is 1. The van der Waals surface area contributed by atoms with E-state index in [9.17, 15) is 12.8 Å². The summed E-state index contributed by atoms with van der Waals surface area (Å²) < 4.78 is 36.3. The van der Waals surface area contributed by atoms with Crippen LogP contribution in [0.2, 0.25) is 0 Å². The molecule has 126 valence electrons. The molecule has 0 fully saturated rings. The molecule has 0 aromatic heterocycles. The van der Waals surface area contributed by atoms with Crippen LogP contribution in [0, 0.1) is 5.82 Å². The lowest BCUT2D eigenvalue weighted by Crippen LogP contribution is -2.39. The first-order valence-corrected chi connectivity index (χ1v) is 8.76. The molecule has 0 saturated heterocycles. The Bertz CT molecular complexity index is 579. The Labute approximate surface area is 148 Å². The summed E-state index contributed by atoms with van der Waals surface area (Å²) in [6, 6.07) is 6.44. The number of nitrogens with zero attached hydrogens (tertiary/aromatic N) is 1. The molecule has 0 spiro atoms. The summed E-state index contributed by atoms with van der Waals surface area (Å²) in [6.45, 7) is 4.64. The van der Waals surface area contributed by atoms with Crippen molar-refractivity contribution in [3.8, 4) is 0 Å². The average Bonchev–Trinajstić information content (AvgIpc) is 2.46. The highest BCUT2D eigenvalue weighted by atomic mass is 127. The summed E-state index contributed by atoms with van der Waals surface area (Å²) in [6.07, 6.45) is 0. The van der Waals surface area contributed by atoms with Crippen LogP contribution in [0.5, 0.6) is 0 Å². The van der Waals surface area contributed by atoms with Gasteiger partial charge in [-0.15, -0.1) is 24.0 Å². The van der Waals surface area contributed by atoms with Crippen LogP contribution in [0.15, 0.2) is 29.3 Å². The van der Waals surface area contributed by atoms with E-state index in [4.69, 9.17) is 0 Å². The van der Waals surface area contributed by atoms with Crippen molar-refractivity contribution in [1.82, 2.24) is 10.6 Å². The van der Waals surface area contributed by atoms with Crippen molar-refractivity contribution in [2.24, 2.45) is 4.99 Å². The smallest absolute Gasteiger partial charge is 0.191 e. The highest BCUT2D eigenvalue weighted by Crippen LogP contribution is 2.07. The summed E-state index contributed by atoms with van der Waals surface area (Å²) in [5.41, 5.74) is 0.496. The maximum atomic E-state index is 13.5. The van der Waals surface area contributed by atoms with Crippen LogP contribution >= 0.6 is 24.0 Å². The van der Waals surface area contributed by atoms with E-state index in [1.54, 1.807) is 25.1 Å². The Kier molecular flexibility index (Phi) is 10.3. The minimum atomic E-state index is -3.01. The molecule has 0 aliphatic carbocycles. The van der Waals surface area contributed by atoms with Gasteiger partial charge in [-0.1, -0.05) is 25.1 Å². The van der Waals surface area contributed by atoms with Gasteiger partial charge in [-0.25, -0.2) is 17.8 Å². The van der Waals surface area contributed by atoms with Gasteiger partial charge in [0.15, 0.2) is 15.8 Å². The Balaban J connectivity index is 0.00000441. The summed E-state index contributed by atoms with van der Waals surface area (Å²) in [5.74, 6) is 0.350. The average molecular weight is 443 g/mol. The van der Waals surface area contributed by atoms with Crippen LogP contribution in [-0.2, 0) is 16.4 Å². The van der Waals surface area contributed by atoms with Crippen LogP contribution in [-0.4, -0.2) is 39.0 Å². The number of sulfone groups is 1. The molecule has 5 nitrogen and oxygen atoms in total. The number of nitrogens with one attached hydrogen (secondary N) is 2. The molecule has 1 aromatic rings. The molecule has 0 radical (unpaired) electrons. The molecule has 0 aliphatic rings. The largest absolute Gasteiger partial charge is 0.357 e. The van der Waals surface area contributed by atoms with E-state index in [1.165, 1.54) is 6.07 Å². The van der Waals surface area contributed by atoms with Crippen LogP contribution in [0.3, 0.4) is 0 Å². The van der Waals surface area contributed by atoms with E-state index < -0.39 is 9.84 Å². The molecule has 0 unspecified atom stereocenters. The van der Waals surface area contributed by atoms with Crippen molar-refractivity contribution >= 4 is 39.8 Å². The topological polar surface area (TPSA) is 70.6 Å². The lowest BCUT2D eigenvalue weighted by Gasteiger charge is -2.11. The van der Waals surface area contributed by atoms with Gasteiger partial charge in [0, 0.05) is 24.4 Å². The quantitative estimate of drug-likeness (QED) is 0.384. The van der Waals surface area contributed by atoms with Gasteiger partial charge in [0.1, 0.15) is 5.82 Å². The minimum Gasteiger partial charge on any atom is -0.357 e. The summed E-state index contributed by atoms with van der Waals surface area (Å²) in [5, 5.41) is 5.94. The zero-order valence-corrected chi connectivity index (χ0v) is 15.9. The van der Waals surface area contributed by atoms with E-state index in [-0.39, 0.29) is 54.4 Å². The molecule has 1 rings (SSSR count). The Morgan fingerprint density at radius 2 is 1.91 bits per heavy atom. The first kappa shape index (κ1) is 21.1. The highest BCUT2D eigenvalue weighted by molar-refractivity contribution is 14.0. The molecule has 1 aromatic carbocycles. The maximum Gasteiger partial charge on any atom is 0.191 e. The lowest BCUT2D eigenvalue weighted by atomic mass is 10.2. The third-order valence-corrected chi connectivity index (χ3v) is 4.56. The summed E-state index contributed by atoms with van der Waals surface area (Å²) in [7, 11) is -3.01. The van der Waals surface area contributed by atoms with Crippen molar-refractivity contribution < 1.29 is 12.8 Å². The second kappa shape index (κ2) is 10.8. The Morgan fingerprint density at radius 1 is 1.23 bits per heavy atom. The van der Waals surface area contributed by atoms with Gasteiger partial charge < -0.3 is 10.6 Å². The summed E-state index contributed by atoms with van der Waals surface area (Å²) >= 11 is 0. The first-order valence-electron chi connectivity index (χ1n) is 6.94. The molecule has 0 amide bonds. The fraction of sp³-hybridized carbons (Fsp3) is 0.500. The van der Waals surface area contributed by atoms with E-state index in [0.29, 0.717) is 18.1 Å². The lowest BCUT2D eigenvalue weighted by molar-refractivity contribution is 0.595. The molecule has 0 atom stereocenters. The van der Waals surface area contributed by atoms with Crippen molar-refractivity contribution in [3.05, 3.63) is 35.6 Å². The number of benzene rings is 1. The number of rotatable bonds is 7. The molecule has 0 heterocycles. The normalized spacial score (nSPS) is 11.7. The van der Waals surface area contributed by atoms with Crippen LogP contribution < -0.4 is 10.6 Å². The van der Waals surface area contributed by atoms with Gasteiger partial charge >= 0.3 is 0 Å². The van der Waals surface area contributed by atoms with Crippen molar-refractivity contribution in [3.63, 3.8) is 0 Å². The maximum absolute atomic E-state index is 13.5. The molecule has 0 aliphatic heterocycles. The monoisotopic (exact) mass is 443 g/mol. The Morgan fingerprint density at radius 3 is 2.50 bits per heavy atom. The number of halogens is 2. The van der Waals surface area contributed by atoms with Gasteiger partial charge in [-0.3, -0.25) is 0 Å². The van der Waals surface area contributed by atoms with Gasteiger partial charge in [0.05, 0.1) is 12.3 Å². The van der Waals surface area contributed by atoms with E-state index in [2.05, 4.69) is 15.6 Å². The van der Waals surface area contributed by atoms with Gasteiger partial charge in [-0.2, -0.15) is 0 Å². The van der Waals surface area contributed by atoms with E-state index in [1.807, 2.05) is 6.92 Å². The third kappa shape index (κ3) is 7.92. The SMILES string of the molecule is CCNC(=NCc1ccccc1F)NCCS(=O)(=O)CC.I. The zero-order valence-electron chi connectivity index (χ0n) is 12.8. The van der Waals surface area contributed by atoms with Crippen molar-refractivity contribution in [2.75, 3.05) is 24.6 Å². The van der Waals surface area contributed by atoms with Crippen LogP contribution in [0.25, 0.3) is 0 Å².